The summed E-state index contributed by atoms with van der Waals surface area (Å²) in [6.07, 6.45) is 0.714. The summed E-state index contributed by atoms with van der Waals surface area (Å²) in [4.78, 5) is 12.2. The molecule has 0 fully saturated rings. The number of amides is 1. The third-order valence-electron chi connectivity index (χ3n) is 3.36. The van der Waals surface area contributed by atoms with Crippen LogP contribution < -0.4 is 10.6 Å². The molecule has 0 unspecified atom stereocenters. The lowest BCUT2D eigenvalue weighted by Crippen LogP contribution is -2.44. The van der Waals surface area contributed by atoms with Crippen LogP contribution in [0, 0.1) is 6.92 Å². The largest absolute Gasteiger partial charge is 0.308 e. The van der Waals surface area contributed by atoms with Crippen LogP contribution in [0.25, 0.3) is 0 Å². The van der Waals surface area contributed by atoms with Gasteiger partial charge in [-0.2, -0.15) is 5.10 Å². The molecule has 5 heteroatoms. The molecule has 0 aliphatic carbocycles. The van der Waals surface area contributed by atoms with Crippen LogP contribution >= 0.6 is 0 Å². The molecule has 3 N–H and O–H groups in total. The van der Waals surface area contributed by atoms with E-state index in [-0.39, 0.29) is 11.9 Å². The molecular formula is C14H16N4O. The molecule has 1 aliphatic heterocycles. The highest BCUT2D eigenvalue weighted by molar-refractivity contribution is 5.94. The predicted octanol–water partition coefficient (Wildman–Crippen LogP) is 1.37. The maximum atomic E-state index is 12.2. The zero-order chi connectivity index (χ0) is 13.2. The van der Waals surface area contributed by atoms with Crippen molar-refractivity contribution in [2.45, 2.75) is 25.9 Å². The lowest BCUT2D eigenvalue weighted by atomic mass is 9.95. The fourth-order valence-corrected chi connectivity index (χ4v) is 2.34. The van der Waals surface area contributed by atoms with Gasteiger partial charge in [0.25, 0.3) is 0 Å². The van der Waals surface area contributed by atoms with E-state index in [0.717, 1.165) is 12.2 Å². The van der Waals surface area contributed by atoms with Gasteiger partial charge in [0.05, 0.1) is 6.04 Å². The summed E-state index contributed by atoms with van der Waals surface area (Å²) in [6, 6.07) is 9.81. The van der Waals surface area contributed by atoms with Crippen molar-refractivity contribution in [3.63, 3.8) is 0 Å². The molecule has 0 spiro atoms. The molecule has 1 amide bonds. The number of aromatic amines is 1. The van der Waals surface area contributed by atoms with Crippen LogP contribution in [0.2, 0.25) is 0 Å². The van der Waals surface area contributed by atoms with Crippen molar-refractivity contribution in [2.75, 3.05) is 5.32 Å². The van der Waals surface area contributed by atoms with Gasteiger partial charge >= 0.3 is 0 Å². The van der Waals surface area contributed by atoms with Crippen molar-refractivity contribution in [3.05, 3.63) is 47.2 Å². The minimum absolute atomic E-state index is 0.0407. The van der Waals surface area contributed by atoms with E-state index in [1.54, 1.807) is 0 Å². The Morgan fingerprint density at radius 2 is 2.16 bits per heavy atom. The van der Waals surface area contributed by atoms with Crippen molar-refractivity contribution in [3.8, 4) is 0 Å². The quantitative estimate of drug-likeness (QED) is 0.760. The second-order valence-corrected chi connectivity index (χ2v) is 4.83. The molecule has 1 aliphatic rings. The number of hydrogen-bond acceptors (Lipinski definition) is 3. The average molecular weight is 256 g/mol. The minimum atomic E-state index is -0.202. The lowest BCUT2D eigenvalue weighted by molar-refractivity contribution is -0.118. The predicted molar refractivity (Wildman–Crippen MR) is 72.7 cm³/mol. The molecule has 2 aromatic rings. The van der Waals surface area contributed by atoms with Gasteiger partial charge in [-0.3, -0.25) is 9.89 Å². The van der Waals surface area contributed by atoms with Crippen molar-refractivity contribution >= 4 is 11.7 Å². The van der Waals surface area contributed by atoms with Crippen LogP contribution in [0.15, 0.2) is 30.3 Å². The zero-order valence-electron chi connectivity index (χ0n) is 10.7. The number of benzene rings is 1. The second kappa shape index (κ2) is 4.85. The number of nitrogens with one attached hydrogen (secondary N) is 3. The van der Waals surface area contributed by atoms with E-state index >= 15 is 0 Å². The lowest BCUT2D eigenvalue weighted by Gasteiger charge is -2.24. The molecule has 0 bridgehead atoms. The molecule has 0 saturated heterocycles. The topological polar surface area (TPSA) is 69.8 Å². The first-order valence-electron chi connectivity index (χ1n) is 6.35. The Labute approximate surface area is 111 Å². The Morgan fingerprint density at radius 3 is 2.89 bits per heavy atom. The van der Waals surface area contributed by atoms with Crippen molar-refractivity contribution < 1.29 is 4.79 Å². The van der Waals surface area contributed by atoms with Crippen LogP contribution in [-0.2, 0) is 17.8 Å². The SMILES string of the molecule is Cc1cc(NC(=O)[C@H]2Cc3ccccc3CN2)n[nH]1. The summed E-state index contributed by atoms with van der Waals surface area (Å²) in [5, 5.41) is 12.9. The summed E-state index contributed by atoms with van der Waals surface area (Å²) in [5.41, 5.74) is 3.43. The van der Waals surface area contributed by atoms with Gasteiger partial charge in [-0.25, -0.2) is 0 Å². The first kappa shape index (κ1) is 11.9. The van der Waals surface area contributed by atoms with Crippen LogP contribution in [0.5, 0.6) is 0 Å². The molecule has 19 heavy (non-hydrogen) atoms. The van der Waals surface area contributed by atoms with Gasteiger partial charge in [-0.05, 0) is 24.5 Å². The van der Waals surface area contributed by atoms with Gasteiger partial charge in [0.2, 0.25) is 5.91 Å². The monoisotopic (exact) mass is 256 g/mol. The standard InChI is InChI=1S/C14H16N4O/c1-9-6-13(18-17-9)16-14(19)12-7-10-4-2-3-5-11(10)8-15-12/h2-6,12,15H,7-8H2,1H3,(H2,16,17,18,19)/t12-/m1/s1. The van der Waals surface area contributed by atoms with E-state index < -0.39 is 0 Å². The van der Waals surface area contributed by atoms with Crippen LogP contribution in [-0.4, -0.2) is 22.1 Å². The Kier molecular flexibility index (Phi) is 3.05. The van der Waals surface area contributed by atoms with Crippen molar-refractivity contribution in [1.82, 2.24) is 15.5 Å². The van der Waals surface area contributed by atoms with Crippen LogP contribution in [0.4, 0.5) is 5.82 Å². The number of anilines is 1. The first-order chi connectivity index (χ1) is 9.22. The first-order valence-corrected chi connectivity index (χ1v) is 6.35. The number of hydrogen-bond donors (Lipinski definition) is 3. The second-order valence-electron chi connectivity index (χ2n) is 4.83. The molecule has 1 atom stereocenters. The maximum Gasteiger partial charge on any atom is 0.243 e. The highest BCUT2D eigenvalue weighted by Crippen LogP contribution is 2.17. The Bertz CT molecular complexity index is 605. The maximum absolute atomic E-state index is 12.2. The van der Waals surface area contributed by atoms with Crippen molar-refractivity contribution in [2.24, 2.45) is 0 Å². The van der Waals surface area contributed by atoms with Crippen LogP contribution in [0.3, 0.4) is 0 Å². The Hall–Kier alpha value is -2.14. The summed E-state index contributed by atoms with van der Waals surface area (Å²) >= 11 is 0. The van der Waals surface area contributed by atoms with E-state index in [1.807, 2.05) is 25.1 Å². The highest BCUT2D eigenvalue weighted by Gasteiger charge is 2.24. The normalized spacial score (nSPS) is 17.8. The van der Waals surface area contributed by atoms with Crippen molar-refractivity contribution in [1.29, 1.82) is 0 Å². The molecule has 5 nitrogen and oxygen atoms in total. The number of rotatable bonds is 2. The highest BCUT2D eigenvalue weighted by atomic mass is 16.2. The number of aromatic nitrogens is 2. The van der Waals surface area contributed by atoms with Crippen LogP contribution in [0.1, 0.15) is 16.8 Å². The summed E-state index contributed by atoms with van der Waals surface area (Å²) in [5.74, 6) is 0.532. The van der Waals surface area contributed by atoms with Gasteiger partial charge in [0.15, 0.2) is 5.82 Å². The molecule has 0 saturated carbocycles. The van der Waals surface area contributed by atoms with Gasteiger partial charge in [-0.15, -0.1) is 0 Å². The molecule has 0 radical (unpaired) electrons. The third kappa shape index (κ3) is 2.51. The number of aryl methyl sites for hydroxylation is 1. The zero-order valence-corrected chi connectivity index (χ0v) is 10.7. The molecule has 1 aromatic carbocycles. The molecule has 3 rings (SSSR count). The Morgan fingerprint density at radius 1 is 1.37 bits per heavy atom. The third-order valence-corrected chi connectivity index (χ3v) is 3.36. The molecular weight excluding hydrogens is 240 g/mol. The minimum Gasteiger partial charge on any atom is -0.308 e. The summed E-state index contributed by atoms with van der Waals surface area (Å²) in [7, 11) is 0. The number of fused-ring (bicyclic) bond motifs is 1. The fraction of sp³-hybridized carbons (Fsp3) is 0.286. The van der Waals surface area contributed by atoms with Gasteiger partial charge in [0, 0.05) is 18.3 Å². The van der Waals surface area contributed by atoms with E-state index in [9.17, 15) is 4.79 Å². The molecule has 1 aromatic heterocycles. The number of carbonyl (C=O) groups is 1. The van der Waals surface area contributed by atoms with Gasteiger partial charge < -0.3 is 10.6 Å². The van der Waals surface area contributed by atoms with E-state index in [0.29, 0.717) is 12.2 Å². The summed E-state index contributed by atoms with van der Waals surface area (Å²) < 4.78 is 0. The Balaban J connectivity index is 1.69. The van der Waals surface area contributed by atoms with E-state index in [4.69, 9.17) is 0 Å². The summed E-state index contributed by atoms with van der Waals surface area (Å²) in [6.45, 7) is 2.63. The number of H-pyrrole nitrogens is 1. The van der Waals surface area contributed by atoms with Gasteiger partial charge in [-0.1, -0.05) is 24.3 Å². The number of nitrogens with zero attached hydrogens (tertiary/aromatic N) is 1. The molecule has 98 valence electrons. The van der Waals surface area contributed by atoms with E-state index in [2.05, 4.69) is 33.0 Å². The fourth-order valence-electron chi connectivity index (χ4n) is 2.34. The number of carbonyl (C=O) groups excluding carboxylic acids is 1. The van der Waals surface area contributed by atoms with Gasteiger partial charge in [0.1, 0.15) is 0 Å². The van der Waals surface area contributed by atoms with E-state index in [1.165, 1.54) is 11.1 Å². The average Bonchev–Trinajstić information content (AvgIpc) is 2.83. The smallest absolute Gasteiger partial charge is 0.243 e. The molecule has 2 heterocycles.